The Morgan fingerprint density at radius 1 is 0.806 bits per heavy atom. The highest BCUT2D eigenvalue weighted by atomic mass is 35.5. The summed E-state index contributed by atoms with van der Waals surface area (Å²) in [6.45, 7) is 0. The van der Waals surface area contributed by atoms with Crippen molar-refractivity contribution in [2.45, 2.75) is 12.3 Å². The first kappa shape index (κ1) is 21.0. The molecule has 0 fully saturated rings. The van der Waals surface area contributed by atoms with E-state index in [0.717, 1.165) is 33.5 Å². The quantitative estimate of drug-likeness (QED) is 0.321. The summed E-state index contributed by atoms with van der Waals surface area (Å²) in [4.78, 5) is 11.8. The number of hydrogen-bond donors (Lipinski definition) is 0. The summed E-state index contributed by atoms with van der Waals surface area (Å²) in [5.41, 5.74) is 4.08. The maximum absolute atomic E-state index is 11.8. The molecule has 4 aromatic carbocycles. The SMILES string of the molecule is COC(=O)c1ccc(C(Cc2ccc(Cl)cc2)c2ccc3cc(OC)ccc3c2)cc1. The smallest absolute Gasteiger partial charge is 0.337 e. The van der Waals surface area contributed by atoms with Gasteiger partial charge in [0.05, 0.1) is 19.8 Å². The summed E-state index contributed by atoms with van der Waals surface area (Å²) in [6, 6.07) is 28.2. The number of hydrogen-bond acceptors (Lipinski definition) is 3. The van der Waals surface area contributed by atoms with Crippen molar-refractivity contribution in [3.05, 3.63) is 112 Å². The number of benzene rings is 4. The van der Waals surface area contributed by atoms with Gasteiger partial charge in [-0.2, -0.15) is 0 Å². The van der Waals surface area contributed by atoms with E-state index in [4.69, 9.17) is 21.1 Å². The first-order chi connectivity index (χ1) is 15.1. The molecule has 0 aromatic heterocycles. The molecule has 0 radical (unpaired) electrons. The lowest BCUT2D eigenvalue weighted by atomic mass is 9.85. The molecule has 0 saturated carbocycles. The van der Waals surface area contributed by atoms with Gasteiger partial charge in [0, 0.05) is 10.9 Å². The Labute approximate surface area is 187 Å². The van der Waals surface area contributed by atoms with Crippen molar-refractivity contribution in [2.75, 3.05) is 14.2 Å². The molecule has 0 N–H and O–H groups in total. The van der Waals surface area contributed by atoms with Crippen LogP contribution in [0.2, 0.25) is 5.02 Å². The Hall–Kier alpha value is -3.30. The number of halogens is 1. The second-order valence-corrected chi connectivity index (χ2v) is 7.91. The number of esters is 1. The summed E-state index contributed by atoms with van der Waals surface area (Å²) in [5.74, 6) is 0.635. The zero-order valence-corrected chi connectivity index (χ0v) is 18.2. The summed E-state index contributed by atoms with van der Waals surface area (Å²) in [6.07, 6.45) is 0.816. The van der Waals surface area contributed by atoms with Crippen molar-refractivity contribution in [3.63, 3.8) is 0 Å². The lowest BCUT2D eigenvalue weighted by Gasteiger charge is -2.20. The standard InChI is InChI=1S/C27H23ClO3/c1-30-25-14-11-21-16-23(10-9-22(21)17-25)26(15-18-3-12-24(28)13-4-18)19-5-7-20(8-6-19)27(29)31-2/h3-14,16-17,26H,15H2,1-2H3. The van der Waals surface area contributed by atoms with Crippen LogP contribution in [-0.2, 0) is 11.2 Å². The third kappa shape index (κ3) is 4.73. The minimum atomic E-state index is -0.333. The Morgan fingerprint density at radius 3 is 2.13 bits per heavy atom. The maximum Gasteiger partial charge on any atom is 0.337 e. The van der Waals surface area contributed by atoms with Crippen LogP contribution in [0.15, 0.2) is 84.9 Å². The Kier molecular flexibility index (Phi) is 6.24. The number of ether oxygens (including phenoxy) is 2. The summed E-state index contributed by atoms with van der Waals surface area (Å²) >= 11 is 6.08. The minimum absolute atomic E-state index is 0.124. The van der Waals surface area contributed by atoms with Crippen LogP contribution in [0.5, 0.6) is 5.75 Å². The van der Waals surface area contributed by atoms with Crippen LogP contribution in [0.25, 0.3) is 10.8 Å². The monoisotopic (exact) mass is 430 g/mol. The van der Waals surface area contributed by atoms with E-state index in [1.54, 1.807) is 7.11 Å². The fraction of sp³-hybridized carbons (Fsp3) is 0.148. The van der Waals surface area contributed by atoms with E-state index in [0.29, 0.717) is 5.56 Å². The van der Waals surface area contributed by atoms with Crippen LogP contribution in [0, 0.1) is 0 Å². The topological polar surface area (TPSA) is 35.5 Å². The van der Waals surface area contributed by atoms with E-state index in [2.05, 4.69) is 36.4 Å². The average Bonchev–Trinajstić information content (AvgIpc) is 2.82. The zero-order chi connectivity index (χ0) is 21.8. The van der Waals surface area contributed by atoms with Crippen LogP contribution in [0.4, 0.5) is 0 Å². The Bertz CT molecular complexity index is 1200. The van der Waals surface area contributed by atoms with Crippen molar-refractivity contribution in [1.29, 1.82) is 0 Å². The molecule has 0 heterocycles. The van der Waals surface area contributed by atoms with Crippen molar-refractivity contribution >= 4 is 28.3 Å². The van der Waals surface area contributed by atoms with E-state index in [9.17, 15) is 4.79 Å². The van der Waals surface area contributed by atoms with Gasteiger partial charge in [0.25, 0.3) is 0 Å². The van der Waals surface area contributed by atoms with Gasteiger partial charge in [0.15, 0.2) is 0 Å². The lowest BCUT2D eigenvalue weighted by molar-refractivity contribution is 0.0600. The second kappa shape index (κ2) is 9.23. The summed E-state index contributed by atoms with van der Waals surface area (Å²) in [5, 5.41) is 3.02. The molecule has 0 spiro atoms. The highest BCUT2D eigenvalue weighted by Crippen LogP contribution is 2.32. The molecule has 0 aliphatic rings. The molecular weight excluding hydrogens is 408 g/mol. The maximum atomic E-state index is 11.8. The van der Waals surface area contributed by atoms with Gasteiger partial charge in [-0.15, -0.1) is 0 Å². The van der Waals surface area contributed by atoms with E-state index in [1.807, 2.05) is 48.5 Å². The van der Waals surface area contributed by atoms with E-state index in [1.165, 1.54) is 18.2 Å². The van der Waals surface area contributed by atoms with Gasteiger partial charge in [-0.05, 0) is 70.3 Å². The Balaban J connectivity index is 1.75. The molecule has 156 valence electrons. The predicted octanol–water partition coefficient (Wildman–Crippen LogP) is 6.66. The fourth-order valence-corrected chi connectivity index (χ4v) is 3.97. The van der Waals surface area contributed by atoms with Crippen molar-refractivity contribution in [2.24, 2.45) is 0 Å². The molecule has 31 heavy (non-hydrogen) atoms. The van der Waals surface area contributed by atoms with Crippen molar-refractivity contribution < 1.29 is 14.3 Å². The molecular formula is C27H23ClO3. The molecule has 1 unspecified atom stereocenters. The van der Waals surface area contributed by atoms with Gasteiger partial charge in [-0.1, -0.05) is 60.1 Å². The van der Waals surface area contributed by atoms with E-state index < -0.39 is 0 Å². The molecule has 1 atom stereocenters. The highest BCUT2D eigenvalue weighted by Gasteiger charge is 2.17. The van der Waals surface area contributed by atoms with Gasteiger partial charge >= 0.3 is 5.97 Å². The molecule has 4 rings (SSSR count). The number of fused-ring (bicyclic) bond motifs is 1. The third-order valence-electron chi connectivity index (χ3n) is 5.56. The van der Waals surface area contributed by atoms with Crippen molar-refractivity contribution in [3.8, 4) is 5.75 Å². The van der Waals surface area contributed by atoms with Crippen LogP contribution in [0.3, 0.4) is 0 Å². The van der Waals surface area contributed by atoms with Gasteiger partial charge in [-0.3, -0.25) is 0 Å². The van der Waals surface area contributed by atoms with Gasteiger partial charge in [0.2, 0.25) is 0 Å². The van der Waals surface area contributed by atoms with Gasteiger partial charge < -0.3 is 9.47 Å². The number of carbonyl (C=O) groups is 1. The van der Waals surface area contributed by atoms with Crippen LogP contribution in [-0.4, -0.2) is 20.2 Å². The minimum Gasteiger partial charge on any atom is -0.497 e. The van der Waals surface area contributed by atoms with Crippen LogP contribution >= 0.6 is 11.6 Å². The molecule has 4 aromatic rings. The normalized spacial score (nSPS) is 11.8. The zero-order valence-electron chi connectivity index (χ0n) is 17.5. The summed E-state index contributed by atoms with van der Waals surface area (Å²) in [7, 11) is 3.07. The molecule has 3 nitrogen and oxygen atoms in total. The highest BCUT2D eigenvalue weighted by molar-refractivity contribution is 6.30. The van der Waals surface area contributed by atoms with E-state index >= 15 is 0 Å². The van der Waals surface area contributed by atoms with Gasteiger partial charge in [-0.25, -0.2) is 4.79 Å². The first-order valence-electron chi connectivity index (χ1n) is 10.1. The molecule has 4 heteroatoms. The number of methoxy groups -OCH3 is 2. The molecule has 0 saturated heterocycles. The average molecular weight is 431 g/mol. The number of carbonyl (C=O) groups excluding carboxylic acids is 1. The van der Waals surface area contributed by atoms with Crippen LogP contribution < -0.4 is 4.74 Å². The largest absolute Gasteiger partial charge is 0.497 e. The first-order valence-corrected chi connectivity index (χ1v) is 10.5. The number of rotatable bonds is 6. The summed E-state index contributed by atoms with van der Waals surface area (Å²) < 4.78 is 10.2. The predicted molar refractivity (Wildman–Crippen MR) is 125 cm³/mol. The lowest BCUT2D eigenvalue weighted by Crippen LogP contribution is -2.07. The molecule has 0 amide bonds. The van der Waals surface area contributed by atoms with Crippen molar-refractivity contribution in [1.82, 2.24) is 0 Å². The second-order valence-electron chi connectivity index (χ2n) is 7.47. The van der Waals surface area contributed by atoms with Crippen LogP contribution in [0.1, 0.15) is 33.0 Å². The third-order valence-corrected chi connectivity index (χ3v) is 5.81. The molecule has 0 bridgehead atoms. The molecule has 0 aliphatic carbocycles. The Morgan fingerprint density at radius 2 is 1.45 bits per heavy atom. The molecule has 0 aliphatic heterocycles. The van der Waals surface area contributed by atoms with Gasteiger partial charge in [0.1, 0.15) is 5.75 Å². The van der Waals surface area contributed by atoms with E-state index in [-0.39, 0.29) is 11.9 Å². The fourth-order valence-electron chi connectivity index (χ4n) is 3.84.